The lowest BCUT2D eigenvalue weighted by molar-refractivity contribution is 0.0554. The first-order chi connectivity index (χ1) is 7.38. The van der Waals surface area contributed by atoms with Gasteiger partial charge in [0.05, 0.1) is 6.10 Å². The molecule has 0 fully saturated rings. The first-order valence-electron chi connectivity index (χ1n) is 5.14. The maximum Gasteiger partial charge on any atom is 0.263 e. The summed E-state index contributed by atoms with van der Waals surface area (Å²) in [7, 11) is 0. The SMILES string of the molecule is CC(C)(CN)C(O)c1ccc(C(F)F)cc1. The monoisotopic (exact) mass is 229 g/mol. The fourth-order valence-corrected chi connectivity index (χ4v) is 1.39. The van der Waals surface area contributed by atoms with Crippen LogP contribution in [0.25, 0.3) is 0 Å². The Morgan fingerprint density at radius 1 is 1.19 bits per heavy atom. The van der Waals surface area contributed by atoms with Crippen LogP contribution in [0.3, 0.4) is 0 Å². The third kappa shape index (κ3) is 2.77. The Labute approximate surface area is 94.1 Å². The smallest absolute Gasteiger partial charge is 0.263 e. The Kier molecular flexibility index (Phi) is 3.99. The lowest BCUT2D eigenvalue weighted by atomic mass is 9.82. The van der Waals surface area contributed by atoms with Crippen LogP contribution in [0.1, 0.15) is 37.5 Å². The van der Waals surface area contributed by atoms with Gasteiger partial charge in [0.25, 0.3) is 6.43 Å². The van der Waals surface area contributed by atoms with E-state index in [0.29, 0.717) is 12.1 Å². The number of hydrogen-bond acceptors (Lipinski definition) is 2. The van der Waals surface area contributed by atoms with Crippen molar-refractivity contribution in [1.82, 2.24) is 0 Å². The first kappa shape index (κ1) is 13.1. The standard InChI is InChI=1S/C12H17F2NO/c1-12(2,7-15)10(16)8-3-5-9(6-4-8)11(13)14/h3-6,10-11,16H,7,15H2,1-2H3. The van der Waals surface area contributed by atoms with Crippen molar-refractivity contribution in [1.29, 1.82) is 0 Å². The second-order valence-corrected chi connectivity index (χ2v) is 4.56. The molecule has 1 unspecified atom stereocenters. The number of nitrogens with two attached hydrogens (primary N) is 1. The first-order valence-corrected chi connectivity index (χ1v) is 5.14. The van der Waals surface area contributed by atoms with Gasteiger partial charge < -0.3 is 10.8 Å². The van der Waals surface area contributed by atoms with E-state index in [4.69, 9.17) is 5.73 Å². The summed E-state index contributed by atoms with van der Waals surface area (Å²) in [5, 5.41) is 10.0. The molecule has 0 heterocycles. The second kappa shape index (κ2) is 4.89. The third-order valence-electron chi connectivity index (χ3n) is 2.77. The molecule has 0 aliphatic carbocycles. The van der Waals surface area contributed by atoms with Crippen LogP contribution in [0.2, 0.25) is 0 Å². The Hall–Kier alpha value is -1.00. The lowest BCUT2D eigenvalue weighted by Crippen LogP contribution is -2.30. The molecule has 0 aromatic heterocycles. The van der Waals surface area contributed by atoms with Crippen molar-refractivity contribution < 1.29 is 13.9 Å². The van der Waals surface area contributed by atoms with Crippen LogP contribution in [0.4, 0.5) is 8.78 Å². The topological polar surface area (TPSA) is 46.2 Å². The number of alkyl halides is 2. The fourth-order valence-electron chi connectivity index (χ4n) is 1.39. The fraction of sp³-hybridized carbons (Fsp3) is 0.500. The van der Waals surface area contributed by atoms with Crippen LogP contribution >= 0.6 is 0 Å². The molecule has 0 aliphatic heterocycles. The molecule has 0 saturated heterocycles. The lowest BCUT2D eigenvalue weighted by Gasteiger charge is -2.29. The average molecular weight is 229 g/mol. The molecule has 0 bridgehead atoms. The molecule has 1 aromatic rings. The summed E-state index contributed by atoms with van der Waals surface area (Å²) in [6, 6.07) is 5.69. The zero-order valence-electron chi connectivity index (χ0n) is 9.45. The highest BCUT2D eigenvalue weighted by Crippen LogP contribution is 2.32. The minimum atomic E-state index is -2.48. The zero-order valence-corrected chi connectivity index (χ0v) is 9.45. The molecule has 4 heteroatoms. The second-order valence-electron chi connectivity index (χ2n) is 4.56. The van der Waals surface area contributed by atoms with Gasteiger partial charge in [0, 0.05) is 17.5 Å². The van der Waals surface area contributed by atoms with Crippen LogP contribution < -0.4 is 5.73 Å². The van der Waals surface area contributed by atoms with Gasteiger partial charge in [-0.3, -0.25) is 0 Å². The van der Waals surface area contributed by atoms with Crippen molar-refractivity contribution in [3.63, 3.8) is 0 Å². The molecule has 1 rings (SSSR count). The predicted molar refractivity (Wildman–Crippen MR) is 59.2 cm³/mol. The number of aliphatic hydroxyl groups is 1. The molecular formula is C12H17F2NO. The van der Waals surface area contributed by atoms with E-state index < -0.39 is 17.9 Å². The summed E-state index contributed by atoms with van der Waals surface area (Å²) in [5.74, 6) is 0. The molecule has 0 radical (unpaired) electrons. The Bertz CT molecular complexity index is 335. The van der Waals surface area contributed by atoms with Crippen molar-refractivity contribution in [2.45, 2.75) is 26.4 Å². The molecule has 0 spiro atoms. The molecular weight excluding hydrogens is 212 g/mol. The predicted octanol–water partition coefficient (Wildman–Crippen LogP) is 2.64. The van der Waals surface area contributed by atoms with Crippen LogP contribution in [0.15, 0.2) is 24.3 Å². The maximum absolute atomic E-state index is 12.3. The van der Waals surface area contributed by atoms with Crippen molar-refractivity contribution in [3.8, 4) is 0 Å². The number of aliphatic hydroxyl groups excluding tert-OH is 1. The third-order valence-corrected chi connectivity index (χ3v) is 2.77. The molecule has 0 saturated carbocycles. The van der Waals surface area contributed by atoms with E-state index in [1.807, 2.05) is 13.8 Å². The van der Waals surface area contributed by atoms with E-state index in [1.165, 1.54) is 24.3 Å². The molecule has 90 valence electrons. The van der Waals surface area contributed by atoms with E-state index in [-0.39, 0.29) is 5.56 Å². The minimum absolute atomic E-state index is 0.0403. The molecule has 1 aromatic carbocycles. The molecule has 0 amide bonds. The number of halogens is 2. The summed E-state index contributed by atoms with van der Waals surface area (Å²) >= 11 is 0. The molecule has 3 N–H and O–H groups in total. The van der Waals surface area contributed by atoms with Crippen molar-refractivity contribution >= 4 is 0 Å². The molecule has 1 atom stereocenters. The van der Waals surface area contributed by atoms with Gasteiger partial charge in [-0.2, -0.15) is 0 Å². The van der Waals surface area contributed by atoms with E-state index in [2.05, 4.69) is 0 Å². The van der Waals surface area contributed by atoms with Gasteiger partial charge in [0.15, 0.2) is 0 Å². The van der Waals surface area contributed by atoms with Gasteiger partial charge in [0.1, 0.15) is 0 Å². The number of benzene rings is 1. The van der Waals surface area contributed by atoms with E-state index in [9.17, 15) is 13.9 Å². The maximum atomic E-state index is 12.3. The summed E-state index contributed by atoms with van der Waals surface area (Å²) in [5.41, 5.74) is 5.65. The summed E-state index contributed by atoms with van der Waals surface area (Å²) in [6.45, 7) is 3.99. The summed E-state index contributed by atoms with van der Waals surface area (Å²) in [4.78, 5) is 0. The van der Waals surface area contributed by atoms with Crippen LogP contribution in [-0.4, -0.2) is 11.7 Å². The van der Waals surface area contributed by atoms with Gasteiger partial charge >= 0.3 is 0 Å². The largest absolute Gasteiger partial charge is 0.388 e. The van der Waals surface area contributed by atoms with Crippen molar-refractivity contribution in [2.75, 3.05) is 6.54 Å². The number of hydrogen-bond donors (Lipinski definition) is 2. The molecule has 2 nitrogen and oxygen atoms in total. The normalized spacial score (nSPS) is 14.2. The van der Waals surface area contributed by atoms with Gasteiger partial charge in [0.2, 0.25) is 0 Å². The highest BCUT2D eigenvalue weighted by molar-refractivity contribution is 5.25. The van der Waals surface area contributed by atoms with E-state index in [1.54, 1.807) is 0 Å². The minimum Gasteiger partial charge on any atom is -0.388 e. The van der Waals surface area contributed by atoms with Crippen LogP contribution in [0.5, 0.6) is 0 Å². The van der Waals surface area contributed by atoms with Crippen molar-refractivity contribution in [3.05, 3.63) is 35.4 Å². The molecule has 0 aliphatic rings. The number of rotatable bonds is 4. The quantitative estimate of drug-likeness (QED) is 0.833. The summed E-state index contributed by atoms with van der Waals surface area (Å²) < 4.78 is 24.6. The highest BCUT2D eigenvalue weighted by atomic mass is 19.3. The Balaban J connectivity index is 2.90. The average Bonchev–Trinajstić information content (AvgIpc) is 2.28. The van der Waals surface area contributed by atoms with E-state index >= 15 is 0 Å². The van der Waals surface area contributed by atoms with Crippen LogP contribution in [0, 0.1) is 5.41 Å². The van der Waals surface area contributed by atoms with Gasteiger partial charge in [-0.25, -0.2) is 8.78 Å². The highest BCUT2D eigenvalue weighted by Gasteiger charge is 2.27. The Morgan fingerprint density at radius 2 is 1.62 bits per heavy atom. The molecule has 16 heavy (non-hydrogen) atoms. The van der Waals surface area contributed by atoms with Crippen LogP contribution in [-0.2, 0) is 0 Å². The van der Waals surface area contributed by atoms with Gasteiger partial charge in [-0.15, -0.1) is 0 Å². The zero-order chi connectivity index (χ0) is 12.3. The van der Waals surface area contributed by atoms with Gasteiger partial charge in [-0.1, -0.05) is 38.1 Å². The summed E-state index contributed by atoms with van der Waals surface area (Å²) in [6.07, 6.45) is -3.22. The van der Waals surface area contributed by atoms with Crippen molar-refractivity contribution in [2.24, 2.45) is 11.1 Å². The van der Waals surface area contributed by atoms with Gasteiger partial charge in [-0.05, 0) is 5.56 Å². The Morgan fingerprint density at radius 3 is 2.00 bits per heavy atom. The van der Waals surface area contributed by atoms with E-state index in [0.717, 1.165) is 0 Å².